The quantitative estimate of drug-likeness (QED) is 0.496. The summed E-state index contributed by atoms with van der Waals surface area (Å²) in [5.41, 5.74) is 3.09. The van der Waals surface area contributed by atoms with Gasteiger partial charge in [-0.15, -0.1) is 0 Å². The van der Waals surface area contributed by atoms with Crippen LogP contribution in [0, 0.1) is 6.92 Å². The lowest BCUT2D eigenvalue weighted by Gasteiger charge is -2.03. The van der Waals surface area contributed by atoms with Crippen molar-refractivity contribution < 1.29 is 0 Å². The van der Waals surface area contributed by atoms with Gasteiger partial charge in [-0.25, -0.2) is 4.98 Å². The van der Waals surface area contributed by atoms with Crippen LogP contribution in [0.4, 0.5) is 0 Å². The highest BCUT2D eigenvalue weighted by Crippen LogP contribution is 2.21. The van der Waals surface area contributed by atoms with Gasteiger partial charge in [-0.3, -0.25) is 0 Å². The average molecular weight is 192 g/mol. The van der Waals surface area contributed by atoms with Gasteiger partial charge in [-0.05, 0) is 30.7 Å². The fourth-order valence-corrected chi connectivity index (χ4v) is 1.86. The molecule has 3 aromatic rings. The maximum absolute atomic E-state index is 4.60. The Morgan fingerprint density at radius 2 is 1.67 bits per heavy atom. The zero-order valence-corrected chi connectivity index (χ0v) is 8.27. The first-order valence-electron chi connectivity index (χ1n) is 4.95. The van der Waals surface area contributed by atoms with E-state index < -0.39 is 0 Å². The normalized spacial score (nSPS) is 11.0. The highest BCUT2D eigenvalue weighted by atomic mass is 14.7. The lowest BCUT2D eigenvalue weighted by Crippen LogP contribution is -1.84. The Hall–Kier alpha value is -1.89. The molecule has 0 atom stereocenters. The predicted molar refractivity (Wildman–Crippen MR) is 63.7 cm³/mol. The second-order valence-corrected chi connectivity index (χ2v) is 3.66. The molecule has 1 radical (unpaired) electrons. The lowest BCUT2D eigenvalue weighted by molar-refractivity contribution is 1.49. The molecule has 0 amide bonds. The zero-order valence-electron chi connectivity index (χ0n) is 8.27. The topological polar surface area (TPSA) is 12.9 Å². The third-order valence-corrected chi connectivity index (χ3v) is 2.65. The van der Waals surface area contributed by atoms with Crippen LogP contribution in [0.1, 0.15) is 5.56 Å². The monoisotopic (exact) mass is 192 g/mol. The summed E-state index contributed by atoms with van der Waals surface area (Å²) in [4.78, 5) is 4.60. The van der Waals surface area contributed by atoms with Gasteiger partial charge in [-0.1, -0.05) is 30.3 Å². The predicted octanol–water partition coefficient (Wildman–Crippen LogP) is 3.57. The molecule has 15 heavy (non-hydrogen) atoms. The van der Waals surface area contributed by atoms with Crippen molar-refractivity contribution in [3.63, 3.8) is 0 Å². The molecule has 0 bridgehead atoms. The Morgan fingerprint density at radius 3 is 2.60 bits per heavy atom. The van der Waals surface area contributed by atoms with Crippen molar-refractivity contribution in [1.29, 1.82) is 0 Å². The number of benzene rings is 2. The van der Waals surface area contributed by atoms with Gasteiger partial charge in [0.15, 0.2) is 0 Å². The molecular formula is C14H10N. The minimum Gasteiger partial charge on any atom is -0.248 e. The molecule has 3 rings (SSSR count). The van der Waals surface area contributed by atoms with E-state index in [1.807, 2.05) is 36.4 Å². The van der Waals surface area contributed by atoms with Crippen LogP contribution < -0.4 is 0 Å². The summed E-state index contributed by atoms with van der Waals surface area (Å²) >= 11 is 0. The first kappa shape index (κ1) is 8.42. The summed E-state index contributed by atoms with van der Waals surface area (Å²) < 4.78 is 0. The van der Waals surface area contributed by atoms with E-state index in [-0.39, 0.29) is 0 Å². The summed E-state index contributed by atoms with van der Waals surface area (Å²) in [6.45, 7) is 4.02. The van der Waals surface area contributed by atoms with E-state index in [1.54, 1.807) is 0 Å². The lowest BCUT2D eigenvalue weighted by atomic mass is 10.1. The van der Waals surface area contributed by atoms with E-state index >= 15 is 0 Å². The van der Waals surface area contributed by atoms with Crippen molar-refractivity contribution in [1.82, 2.24) is 4.98 Å². The van der Waals surface area contributed by atoms with Crippen LogP contribution >= 0.6 is 0 Å². The SMILES string of the molecule is [CH2]c1cccc2nc3ccccc3cc12. The van der Waals surface area contributed by atoms with Gasteiger partial charge in [0.2, 0.25) is 0 Å². The van der Waals surface area contributed by atoms with E-state index in [9.17, 15) is 0 Å². The molecule has 0 spiro atoms. The summed E-state index contributed by atoms with van der Waals surface area (Å²) in [5.74, 6) is 0. The van der Waals surface area contributed by atoms with E-state index in [0.29, 0.717) is 0 Å². The minimum absolute atomic E-state index is 1.02. The van der Waals surface area contributed by atoms with Crippen LogP contribution in [-0.2, 0) is 0 Å². The van der Waals surface area contributed by atoms with Gasteiger partial charge >= 0.3 is 0 Å². The highest BCUT2D eigenvalue weighted by molar-refractivity contribution is 5.94. The maximum atomic E-state index is 4.60. The molecule has 0 unspecified atom stereocenters. The third-order valence-electron chi connectivity index (χ3n) is 2.65. The molecule has 0 saturated carbocycles. The zero-order chi connectivity index (χ0) is 10.3. The number of fused-ring (bicyclic) bond motifs is 2. The molecule has 0 aliphatic carbocycles. The number of hydrogen-bond donors (Lipinski definition) is 0. The Balaban J connectivity index is 2.53. The number of rotatable bonds is 0. The fourth-order valence-electron chi connectivity index (χ4n) is 1.86. The molecule has 1 nitrogen and oxygen atoms in total. The highest BCUT2D eigenvalue weighted by Gasteiger charge is 2.00. The number of hydrogen-bond acceptors (Lipinski definition) is 1. The molecule has 0 fully saturated rings. The van der Waals surface area contributed by atoms with Crippen LogP contribution in [0.5, 0.6) is 0 Å². The van der Waals surface area contributed by atoms with Crippen molar-refractivity contribution in [2.24, 2.45) is 0 Å². The van der Waals surface area contributed by atoms with Crippen molar-refractivity contribution >= 4 is 21.8 Å². The Kier molecular flexibility index (Phi) is 1.72. The van der Waals surface area contributed by atoms with Gasteiger partial charge in [0, 0.05) is 10.8 Å². The Labute approximate surface area is 88.4 Å². The molecule has 71 valence electrons. The molecule has 1 aromatic heterocycles. The van der Waals surface area contributed by atoms with Crippen LogP contribution in [0.2, 0.25) is 0 Å². The van der Waals surface area contributed by atoms with Crippen molar-refractivity contribution in [2.75, 3.05) is 0 Å². The van der Waals surface area contributed by atoms with Crippen molar-refractivity contribution in [3.8, 4) is 0 Å². The number of pyridine rings is 1. The van der Waals surface area contributed by atoms with Crippen LogP contribution in [0.25, 0.3) is 21.8 Å². The molecule has 0 aliphatic rings. The van der Waals surface area contributed by atoms with E-state index in [0.717, 1.165) is 22.0 Å². The van der Waals surface area contributed by atoms with Gasteiger partial charge in [0.05, 0.1) is 11.0 Å². The molecule has 1 heteroatoms. The van der Waals surface area contributed by atoms with Crippen LogP contribution in [0.15, 0.2) is 48.5 Å². The number of nitrogens with zero attached hydrogens (tertiary/aromatic N) is 1. The fraction of sp³-hybridized carbons (Fsp3) is 0. The summed E-state index contributed by atoms with van der Waals surface area (Å²) in [5, 5.41) is 2.30. The Morgan fingerprint density at radius 1 is 0.867 bits per heavy atom. The van der Waals surface area contributed by atoms with E-state index in [1.165, 1.54) is 5.39 Å². The first-order chi connectivity index (χ1) is 7.34. The second kappa shape index (κ2) is 3.06. The van der Waals surface area contributed by atoms with E-state index in [2.05, 4.69) is 24.0 Å². The minimum atomic E-state index is 1.02. The van der Waals surface area contributed by atoms with Crippen LogP contribution in [0.3, 0.4) is 0 Å². The van der Waals surface area contributed by atoms with Gasteiger partial charge in [-0.2, -0.15) is 0 Å². The molecule has 0 N–H and O–H groups in total. The van der Waals surface area contributed by atoms with Gasteiger partial charge < -0.3 is 0 Å². The smallest absolute Gasteiger partial charge is 0.0712 e. The van der Waals surface area contributed by atoms with Crippen molar-refractivity contribution in [2.45, 2.75) is 0 Å². The molecule has 0 aliphatic heterocycles. The molecule has 1 heterocycles. The Bertz CT molecular complexity index is 641. The molecule has 2 aromatic carbocycles. The van der Waals surface area contributed by atoms with Gasteiger partial charge in [0.1, 0.15) is 0 Å². The third kappa shape index (κ3) is 1.28. The first-order valence-corrected chi connectivity index (χ1v) is 4.95. The van der Waals surface area contributed by atoms with Crippen molar-refractivity contribution in [3.05, 3.63) is 61.0 Å². The number of aromatic nitrogens is 1. The molecular weight excluding hydrogens is 182 g/mol. The summed E-state index contributed by atoms with van der Waals surface area (Å²) in [7, 11) is 0. The van der Waals surface area contributed by atoms with Gasteiger partial charge in [0.25, 0.3) is 0 Å². The average Bonchev–Trinajstić information content (AvgIpc) is 2.27. The largest absolute Gasteiger partial charge is 0.248 e. The summed E-state index contributed by atoms with van der Waals surface area (Å²) in [6, 6.07) is 16.3. The number of para-hydroxylation sites is 1. The summed E-state index contributed by atoms with van der Waals surface area (Å²) in [6.07, 6.45) is 0. The standard InChI is InChI=1S/C14H10N/c1-10-5-4-8-14-12(10)9-11-6-2-3-7-13(11)15-14/h2-9H,1H2. The van der Waals surface area contributed by atoms with Crippen LogP contribution in [-0.4, -0.2) is 4.98 Å². The second-order valence-electron chi connectivity index (χ2n) is 3.66. The van der Waals surface area contributed by atoms with E-state index in [4.69, 9.17) is 0 Å². The molecule has 0 saturated heterocycles. The maximum Gasteiger partial charge on any atom is 0.0712 e.